The fourth-order valence-corrected chi connectivity index (χ4v) is 5.46. The Morgan fingerprint density at radius 1 is 1.03 bits per heavy atom. The Labute approximate surface area is 184 Å². The van der Waals surface area contributed by atoms with E-state index in [9.17, 15) is 4.79 Å². The number of rotatable bonds is 4. The second-order valence-electron chi connectivity index (χ2n) is 9.02. The van der Waals surface area contributed by atoms with E-state index in [0.717, 1.165) is 56.3 Å². The maximum atomic E-state index is 13.9. The van der Waals surface area contributed by atoms with Gasteiger partial charge in [-0.25, -0.2) is 0 Å². The van der Waals surface area contributed by atoms with E-state index < -0.39 is 5.41 Å². The van der Waals surface area contributed by atoms with Gasteiger partial charge < -0.3 is 9.64 Å². The van der Waals surface area contributed by atoms with Crippen molar-refractivity contribution in [3.05, 3.63) is 78.0 Å². The molecule has 3 heterocycles. The average Bonchev–Trinajstić information content (AvgIpc) is 2.85. The molecule has 0 saturated carbocycles. The fraction of sp³-hybridized carbons (Fsp3) is 0.407. The summed E-state index contributed by atoms with van der Waals surface area (Å²) in [5.41, 5.74) is 3.09. The van der Waals surface area contributed by atoms with Crippen LogP contribution in [-0.4, -0.2) is 42.1 Å². The maximum absolute atomic E-state index is 13.9. The Morgan fingerprint density at radius 3 is 2.68 bits per heavy atom. The summed E-state index contributed by atoms with van der Waals surface area (Å²) >= 11 is 0. The van der Waals surface area contributed by atoms with Crippen molar-refractivity contribution >= 4 is 16.8 Å². The number of carbonyl (C=O) groups is 1. The highest BCUT2D eigenvalue weighted by Gasteiger charge is 2.44. The van der Waals surface area contributed by atoms with Gasteiger partial charge in [-0.05, 0) is 55.2 Å². The number of hydrogen-bond donors (Lipinski definition) is 0. The van der Waals surface area contributed by atoms with E-state index >= 15 is 0 Å². The topological polar surface area (TPSA) is 42.4 Å². The number of amides is 1. The number of para-hydroxylation sites is 1. The van der Waals surface area contributed by atoms with E-state index in [4.69, 9.17) is 4.74 Å². The summed E-state index contributed by atoms with van der Waals surface area (Å²) in [6.45, 7) is 3.00. The summed E-state index contributed by atoms with van der Waals surface area (Å²) in [5.74, 6) is 0.765. The van der Waals surface area contributed by atoms with Crippen molar-refractivity contribution in [3.63, 3.8) is 0 Å². The third kappa shape index (κ3) is 3.97. The van der Waals surface area contributed by atoms with Crippen LogP contribution >= 0.6 is 0 Å². The molecule has 2 aliphatic rings. The number of carbonyl (C=O) groups excluding carboxylic acids is 1. The van der Waals surface area contributed by atoms with E-state index in [-0.39, 0.29) is 0 Å². The van der Waals surface area contributed by atoms with E-state index in [1.54, 1.807) is 0 Å². The zero-order valence-corrected chi connectivity index (χ0v) is 18.0. The standard InChI is InChI=1S/C27H30N2O2/c30-26(27(13-17-31-18-14-27)24-11-2-1-3-12-24)29-16-6-7-21(20-29)19-23-9-4-8-22-10-5-15-28-25(22)23/h1-5,8-12,15,21H,6-7,13-14,16-20H2/t21-/m1/s1. The average molecular weight is 415 g/mol. The third-order valence-electron chi connectivity index (χ3n) is 7.11. The van der Waals surface area contributed by atoms with Gasteiger partial charge in [0.2, 0.25) is 5.91 Å². The zero-order valence-electron chi connectivity index (χ0n) is 18.0. The Morgan fingerprint density at radius 2 is 1.84 bits per heavy atom. The number of hydrogen-bond acceptors (Lipinski definition) is 3. The van der Waals surface area contributed by atoms with E-state index in [2.05, 4.69) is 46.3 Å². The Bertz CT molecular complexity index is 1040. The lowest BCUT2D eigenvalue weighted by Gasteiger charge is -2.43. The lowest BCUT2D eigenvalue weighted by atomic mass is 9.72. The van der Waals surface area contributed by atoms with Gasteiger partial charge in [-0.1, -0.05) is 54.6 Å². The molecule has 0 aliphatic carbocycles. The number of piperidine rings is 1. The predicted molar refractivity (Wildman–Crippen MR) is 123 cm³/mol. The van der Waals surface area contributed by atoms with E-state index in [1.165, 1.54) is 10.9 Å². The van der Waals surface area contributed by atoms with Crippen LogP contribution in [0.1, 0.15) is 36.8 Å². The Kier molecular flexibility index (Phi) is 5.73. The van der Waals surface area contributed by atoms with Gasteiger partial charge in [-0.2, -0.15) is 0 Å². The third-order valence-corrected chi connectivity index (χ3v) is 7.11. The lowest BCUT2D eigenvalue weighted by Crippen LogP contribution is -2.52. The van der Waals surface area contributed by atoms with Crippen LogP contribution in [0.25, 0.3) is 10.9 Å². The van der Waals surface area contributed by atoms with Gasteiger partial charge >= 0.3 is 0 Å². The molecular weight excluding hydrogens is 384 g/mol. The molecule has 31 heavy (non-hydrogen) atoms. The number of aromatic nitrogens is 1. The molecule has 160 valence electrons. The summed E-state index contributed by atoms with van der Waals surface area (Å²) in [6.07, 6.45) is 6.61. The largest absolute Gasteiger partial charge is 0.381 e. The van der Waals surface area contributed by atoms with Crippen molar-refractivity contribution in [2.45, 2.75) is 37.5 Å². The molecule has 1 amide bonds. The summed E-state index contributed by atoms with van der Waals surface area (Å²) in [7, 11) is 0. The number of ether oxygens (including phenoxy) is 1. The van der Waals surface area contributed by atoms with Crippen molar-refractivity contribution in [3.8, 4) is 0 Å². The number of pyridine rings is 1. The minimum Gasteiger partial charge on any atom is -0.381 e. The number of likely N-dealkylation sites (tertiary alicyclic amines) is 1. The second-order valence-corrected chi connectivity index (χ2v) is 9.02. The molecule has 2 saturated heterocycles. The van der Waals surface area contributed by atoms with Gasteiger partial charge in [-0.15, -0.1) is 0 Å². The van der Waals surface area contributed by atoms with Crippen LogP contribution in [0.15, 0.2) is 66.9 Å². The monoisotopic (exact) mass is 414 g/mol. The molecule has 0 unspecified atom stereocenters. The minimum atomic E-state index is -0.442. The van der Waals surface area contributed by atoms with Crippen LogP contribution in [-0.2, 0) is 21.4 Å². The van der Waals surface area contributed by atoms with Crippen LogP contribution in [0.2, 0.25) is 0 Å². The molecule has 4 nitrogen and oxygen atoms in total. The van der Waals surface area contributed by atoms with E-state index in [0.29, 0.717) is 25.0 Å². The first kappa shape index (κ1) is 20.2. The molecule has 2 aliphatic heterocycles. The van der Waals surface area contributed by atoms with Gasteiger partial charge in [-0.3, -0.25) is 9.78 Å². The number of nitrogens with zero attached hydrogens (tertiary/aromatic N) is 2. The van der Waals surface area contributed by atoms with Crippen LogP contribution in [0, 0.1) is 5.92 Å². The number of benzene rings is 2. The molecule has 1 atom stereocenters. The second kappa shape index (κ2) is 8.80. The predicted octanol–water partition coefficient (Wildman–Crippen LogP) is 4.76. The molecule has 0 radical (unpaired) electrons. The van der Waals surface area contributed by atoms with Crippen molar-refractivity contribution in [1.29, 1.82) is 0 Å². The molecular formula is C27H30N2O2. The molecule has 2 fully saturated rings. The highest BCUT2D eigenvalue weighted by molar-refractivity contribution is 5.88. The molecule has 3 aromatic rings. The highest BCUT2D eigenvalue weighted by Crippen LogP contribution is 2.38. The first-order valence-corrected chi connectivity index (χ1v) is 11.5. The van der Waals surface area contributed by atoms with Crippen LogP contribution in [0.4, 0.5) is 0 Å². The summed E-state index contributed by atoms with van der Waals surface area (Å²) in [6, 6.07) is 20.9. The number of fused-ring (bicyclic) bond motifs is 1. The SMILES string of the molecule is O=C(N1CCC[C@H](Cc2cccc3cccnc23)C1)C1(c2ccccc2)CCOCC1. The van der Waals surface area contributed by atoms with Crippen LogP contribution in [0.5, 0.6) is 0 Å². The Balaban J connectivity index is 1.37. The van der Waals surface area contributed by atoms with Crippen molar-refractivity contribution in [1.82, 2.24) is 9.88 Å². The van der Waals surface area contributed by atoms with Crippen molar-refractivity contribution < 1.29 is 9.53 Å². The molecule has 4 heteroatoms. The van der Waals surface area contributed by atoms with Gasteiger partial charge in [0.15, 0.2) is 0 Å². The van der Waals surface area contributed by atoms with Gasteiger partial charge in [0.1, 0.15) is 0 Å². The van der Waals surface area contributed by atoms with Crippen LogP contribution in [0.3, 0.4) is 0 Å². The molecule has 2 aromatic carbocycles. The first-order valence-electron chi connectivity index (χ1n) is 11.5. The minimum absolute atomic E-state index is 0.294. The maximum Gasteiger partial charge on any atom is 0.233 e. The molecule has 1 aromatic heterocycles. The molecule has 0 spiro atoms. The van der Waals surface area contributed by atoms with Gasteiger partial charge in [0.25, 0.3) is 0 Å². The molecule has 5 rings (SSSR count). The lowest BCUT2D eigenvalue weighted by molar-refractivity contribution is -0.143. The fourth-order valence-electron chi connectivity index (χ4n) is 5.46. The summed E-state index contributed by atoms with van der Waals surface area (Å²) in [5, 5.41) is 1.19. The van der Waals surface area contributed by atoms with Crippen molar-refractivity contribution in [2.24, 2.45) is 5.92 Å². The van der Waals surface area contributed by atoms with Gasteiger partial charge in [0, 0.05) is 37.9 Å². The first-order chi connectivity index (χ1) is 15.3. The summed E-state index contributed by atoms with van der Waals surface area (Å²) in [4.78, 5) is 20.7. The molecule has 0 bridgehead atoms. The zero-order chi connectivity index (χ0) is 21.1. The molecule has 0 N–H and O–H groups in total. The quantitative estimate of drug-likeness (QED) is 0.618. The summed E-state index contributed by atoms with van der Waals surface area (Å²) < 4.78 is 5.65. The Hall–Kier alpha value is -2.72. The van der Waals surface area contributed by atoms with E-state index in [1.807, 2.05) is 30.5 Å². The normalized spacial score (nSPS) is 21.2. The highest BCUT2D eigenvalue weighted by atomic mass is 16.5. The van der Waals surface area contributed by atoms with Crippen molar-refractivity contribution in [2.75, 3.05) is 26.3 Å². The smallest absolute Gasteiger partial charge is 0.233 e. The van der Waals surface area contributed by atoms with Crippen LogP contribution < -0.4 is 0 Å². The van der Waals surface area contributed by atoms with Gasteiger partial charge in [0.05, 0.1) is 10.9 Å².